The van der Waals surface area contributed by atoms with Gasteiger partial charge in [-0.25, -0.2) is 0 Å². The Balaban J connectivity index is 1.00. The molecule has 0 radical (unpaired) electrons. The number of fused-ring (bicyclic) bond motifs is 3. The van der Waals surface area contributed by atoms with Crippen molar-refractivity contribution in [1.29, 1.82) is 0 Å². The Kier molecular flexibility index (Phi) is 7.46. The summed E-state index contributed by atoms with van der Waals surface area (Å²) in [5.74, 6) is 8.52. The van der Waals surface area contributed by atoms with Crippen LogP contribution in [-0.4, -0.2) is 37.1 Å². The molecule has 10 rings (SSSR count). The zero-order chi connectivity index (χ0) is 32.5. The first-order valence-corrected chi connectivity index (χ1v) is 18.1. The summed E-state index contributed by atoms with van der Waals surface area (Å²) in [6, 6.07) is 12.7. The van der Waals surface area contributed by atoms with E-state index in [9.17, 15) is 14.7 Å². The molecule has 48 heavy (non-hydrogen) atoms. The lowest BCUT2D eigenvalue weighted by molar-refractivity contribution is -0.191. The maximum absolute atomic E-state index is 13.2. The van der Waals surface area contributed by atoms with Gasteiger partial charge in [0.25, 0.3) is 0 Å². The summed E-state index contributed by atoms with van der Waals surface area (Å²) in [5.41, 5.74) is 2.52. The molecule has 2 aromatic carbocycles. The van der Waals surface area contributed by atoms with Crippen LogP contribution in [-0.2, 0) is 22.4 Å². The van der Waals surface area contributed by atoms with Gasteiger partial charge in [-0.1, -0.05) is 36.4 Å². The predicted molar refractivity (Wildman–Crippen MR) is 177 cm³/mol. The summed E-state index contributed by atoms with van der Waals surface area (Å²) in [7, 11) is 0. The number of benzene rings is 2. The van der Waals surface area contributed by atoms with Gasteiger partial charge in [-0.3, -0.25) is 9.59 Å². The molecule has 8 heteroatoms. The number of allylic oxidation sites excluding steroid dienone is 4. The van der Waals surface area contributed by atoms with Crippen LogP contribution in [0.25, 0.3) is 0 Å². The highest BCUT2D eigenvalue weighted by Crippen LogP contribution is 2.71. The van der Waals surface area contributed by atoms with Gasteiger partial charge < -0.3 is 29.4 Å². The molecule has 2 heterocycles. The van der Waals surface area contributed by atoms with E-state index in [2.05, 4.69) is 53.9 Å². The summed E-state index contributed by atoms with van der Waals surface area (Å²) >= 11 is 0. The van der Waals surface area contributed by atoms with Crippen molar-refractivity contribution in [2.24, 2.45) is 71.0 Å². The number of amides is 1. The monoisotopic (exact) mass is 651 g/mol. The molecule has 0 saturated heterocycles. The number of ether oxygens (including phenoxy) is 4. The number of hydrogen-bond donors (Lipinski definition) is 2. The summed E-state index contributed by atoms with van der Waals surface area (Å²) in [5, 5.41) is 12.6. The van der Waals surface area contributed by atoms with Gasteiger partial charge in [0.05, 0.1) is 0 Å². The molecule has 8 nitrogen and oxygen atoms in total. The maximum Gasteiger partial charge on any atom is 0.303 e. The van der Waals surface area contributed by atoms with Crippen LogP contribution in [0.1, 0.15) is 43.7 Å². The fourth-order valence-corrected chi connectivity index (χ4v) is 11.6. The van der Waals surface area contributed by atoms with Crippen molar-refractivity contribution in [2.45, 2.75) is 45.4 Å². The molecule has 2 aliphatic heterocycles. The molecular formula is C40H45NO7. The van der Waals surface area contributed by atoms with Crippen molar-refractivity contribution < 1.29 is 33.6 Å². The Bertz CT molecular complexity index is 1670. The van der Waals surface area contributed by atoms with Gasteiger partial charge in [0.2, 0.25) is 19.5 Å². The van der Waals surface area contributed by atoms with E-state index in [1.165, 1.54) is 11.1 Å². The average Bonchev–Trinajstić information content (AvgIpc) is 3.75. The minimum Gasteiger partial charge on any atom is -0.481 e. The first-order chi connectivity index (χ1) is 23.5. The van der Waals surface area contributed by atoms with E-state index in [1.807, 2.05) is 19.1 Å². The highest BCUT2D eigenvalue weighted by molar-refractivity contribution is 5.76. The number of carbonyl (C=O) groups excluding carboxylic acids is 1. The van der Waals surface area contributed by atoms with Gasteiger partial charge in [-0.15, -0.1) is 0 Å². The van der Waals surface area contributed by atoms with Crippen LogP contribution in [0.2, 0.25) is 0 Å². The van der Waals surface area contributed by atoms with Crippen LogP contribution >= 0.6 is 0 Å². The highest BCUT2D eigenvalue weighted by Gasteiger charge is 2.67. The van der Waals surface area contributed by atoms with Gasteiger partial charge in [-0.2, -0.15) is 0 Å². The summed E-state index contributed by atoms with van der Waals surface area (Å²) in [4.78, 5) is 24.7. The molecule has 6 aliphatic carbocycles. The number of carboxylic acids is 1. The van der Waals surface area contributed by atoms with E-state index >= 15 is 0 Å². The fraction of sp³-hybridized carbons (Fsp3) is 0.550. The molecule has 3 fully saturated rings. The molecule has 2 aromatic rings. The molecule has 0 unspecified atom stereocenters. The number of carbonyl (C=O) groups is 2. The molecule has 3 saturated carbocycles. The molecule has 1 amide bonds. The van der Waals surface area contributed by atoms with Crippen LogP contribution < -0.4 is 24.3 Å². The van der Waals surface area contributed by atoms with E-state index in [-0.39, 0.29) is 25.9 Å². The zero-order valence-corrected chi connectivity index (χ0v) is 27.5. The van der Waals surface area contributed by atoms with E-state index in [1.54, 1.807) is 0 Å². The SMILES string of the molecule is CCNC(=O)C[C@@H]1[C@@H](Cc2ccc3c(c2)OCO3)[C@H]2[C@H]3C=C[C@H]([C@H]4[C@@H]3C=C[C@@H]3[C@H](Cc5ccc6c(c5)OCO6)[C@@H](CCCC(=O)O)[C@@H]34)[C@@H]12. The van der Waals surface area contributed by atoms with Crippen molar-refractivity contribution in [1.82, 2.24) is 5.32 Å². The molecule has 2 N–H and O–H groups in total. The first kappa shape index (κ1) is 30.1. The molecule has 2 bridgehead atoms. The van der Waals surface area contributed by atoms with E-state index in [4.69, 9.17) is 18.9 Å². The van der Waals surface area contributed by atoms with Crippen molar-refractivity contribution in [3.05, 3.63) is 71.8 Å². The smallest absolute Gasteiger partial charge is 0.303 e. The number of nitrogens with one attached hydrogen (secondary N) is 1. The third kappa shape index (κ3) is 4.84. The predicted octanol–water partition coefficient (Wildman–Crippen LogP) is 6.29. The third-order valence-corrected chi connectivity index (χ3v) is 13.3. The number of carboxylic acid groups (broad SMARTS) is 1. The standard InChI is InChI=1S/C40H45NO7/c1-2-41-35(42)18-30-29(15-22-7-13-32-34(17-22)48-20-46-32)39-25-10-11-27(40(30)39)38-24(25)8-9-26-28(23(37(26)38)4-3-5-36(43)44)14-21-6-12-31-33(16-21)47-19-45-31/h6-13,16-17,23-30,37-40H,2-5,14-15,18-20H2,1H3,(H,41,42)(H,43,44)/t23-,24-,25+,26-,27-,28-,29-,30-,37+,38-,39-,40+/m1/s1. The second kappa shape index (κ2) is 11.9. The molecule has 0 aromatic heterocycles. The number of aliphatic carboxylic acids is 1. The quantitative estimate of drug-likeness (QED) is 0.276. The molecule has 0 spiro atoms. The molecule has 12 atom stereocenters. The van der Waals surface area contributed by atoms with Crippen LogP contribution in [0.5, 0.6) is 23.0 Å². The Morgan fingerprint density at radius 1 is 0.688 bits per heavy atom. The lowest BCUT2D eigenvalue weighted by atomic mass is 9.33. The second-order valence-electron chi connectivity index (χ2n) is 15.3. The third-order valence-electron chi connectivity index (χ3n) is 13.3. The van der Waals surface area contributed by atoms with Crippen LogP contribution in [0, 0.1) is 71.0 Å². The van der Waals surface area contributed by atoms with Gasteiger partial charge >= 0.3 is 5.97 Å². The molecular weight excluding hydrogens is 606 g/mol. The second-order valence-corrected chi connectivity index (χ2v) is 15.3. The minimum absolute atomic E-state index is 0.166. The molecule has 252 valence electrons. The summed E-state index contributed by atoms with van der Waals surface area (Å²) in [6.07, 6.45) is 14.5. The zero-order valence-electron chi connectivity index (χ0n) is 27.5. The first-order valence-electron chi connectivity index (χ1n) is 18.1. The van der Waals surface area contributed by atoms with E-state index in [0.29, 0.717) is 84.0 Å². The van der Waals surface area contributed by atoms with Gasteiger partial charge in [0.1, 0.15) is 0 Å². The van der Waals surface area contributed by atoms with Gasteiger partial charge in [0.15, 0.2) is 23.0 Å². The van der Waals surface area contributed by atoms with Crippen molar-refractivity contribution in [2.75, 3.05) is 20.1 Å². The van der Waals surface area contributed by atoms with E-state index < -0.39 is 5.97 Å². The summed E-state index contributed by atoms with van der Waals surface area (Å²) < 4.78 is 22.6. The Morgan fingerprint density at radius 3 is 1.92 bits per heavy atom. The van der Waals surface area contributed by atoms with Crippen LogP contribution in [0.15, 0.2) is 60.7 Å². The molecule has 8 aliphatic rings. The number of hydrogen-bond acceptors (Lipinski definition) is 6. The normalized spacial score (nSPS) is 36.8. The average molecular weight is 652 g/mol. The lowest BCUT2D eigenvalue weighted by Gasteiger charge is -2.71. The Labute approximate surface area is 281 Å². The van der Waals surface area contributed by atoms with Crippen LogP contribution in [0.3, 0.4) is 0 Å². The van der Waals surface area contributed by atoms with Gasteiger partial charge in [-0.05, 0) is 139 Å². The highest BCUT2D eigenvalue weighted by atomic mass is 16.7. The minimum atomic E-state index is -0.710. The van der Waals surface area contributed by atoms with Crippen molar-refractivity contribution in [3.63, 3.8) is 0 Å². The Hall–Kier alpha value is -3.94. The Morgan fingerprint density at radius 2 is 1.25 bits per heavy atom. The lowest BCUT2D eigenvalue weighted by Crippen LogP contribution is -2.67. The number of rotatable bonds is 11. The topological polar surface area (TPSA) is 103 Å². The maximum atomic E-state index is 13.2. The summed E-state index contributed by atoms with van der Waals surface area (Å²) in [6.45, 7) is 3.19. The van der Waals surface area contributed by atoms with Crippen molar-refractivity contribution in [3.8, 4) is 23.0 Å². The van der Waals surface area contributed by atoms with E-state index in [0.717, 1.165) is 48.7 Å². The largest absolute Gasteiger partial charge is 0.481 e. The van der Waals surface area contributed by atoms with Gasteiger partial charge in [0, 0.05) is 19.4 Å². The van der Waals surface area contributed by atoms with Crippen LogP contribution in [0.4, 0.5) is 0 Å². The fourth-order valence-electron chi connectivity index (χ4n) is 11.6. The van der Waals surface area contributed by atoms with Crippen molar-refractivity contribution >= 4 is 11.9 Å².